The molecule has 0 radical (unpaired) electrons. The van der Waals surface area contributed by atoms with Gasteiger partial charge in [0.15, 0.2) is 5.60 Å². The first-order valence-corrected chi connectivity index (χ1v) is 8.02. The van der Waals surface area contributed by atoms with E-state index in [9.17, 15) is 4.79 Å². The van der Waals surface area contributed by atoms with Crippen molar-refractivity contribution in [1.82, 2.24) is 5.43 Å². The first-order chi connectivity index (χ1) is 11.3. The highest BCUT2D eigenvalue weighted by atomic mass is 35.5. The highest BCUT2D eigenvalue weighted by Gasteiger charge is 2.30. The van der Waals surface area contributed by atoms with E-state index in [0.717, 1.165) is 16.7 Å². The molecule has 0 atom stereocenters. The van der Waals surface area contributed by atoms with Crippen LogP contribution in [0.1, 0.15) is 30.5 Å². The van der Waals surface area contributed by atoms with Gasteiger partial charge in [0.2, 0.25) is 0 Å². The van der Waals surface area contributed by atoms with Crippen molar-refractivity contribution < 1.29 is 9.53 Å². The van der Waals surface area contributed by atoms with Gasteiger partial charge >= 0.3 is 0 Å². The van der Waals surface area contributed by atoms with Gasteiger partial charge in [-0.15, -0.1) is 0 Å². The van der Waals surface area contributed by atoms with E-state index >= 15 is 0 Å². The Morgan fingerprint density at radius 1 is 1.17 bits per heavy atom. The number of carbonyl (C=O) groups excluding carboxylic acids is 1. The Morgan fingerprint density at radius 3 is 2.54 bits per heavy atom. The summed E-state index contributed by atoms with van der Waals surface area (Å²) < 4.78 is 5.83. The molecule has 1 N–H and O–H groups in total. The highest BCUT2D eigenvalue weighted by Crippen LogP contribution is 2.25. The number of hydrogen-bond acceptors (Lipinski definition) is 3. The molecule has 2 aromatic carbocycles. The lowest BCUT2D eigenvalue weighted by Gasteiger charge is -2.25. The summed E-state index contributed by atoms with van der Waals surface area (Å²) in [6.07, 6.45) is 1.62. The number of amides is 1. The normalized spacial score (nSPS) is 11.5. The molecule has 0 saturated heterocycles. The molecule has 2 aromatic rings. The zero-order valence-electron chi connectivity index (χ0n) is 14.3. The van der Waals surface area contributed by atoms with Gasteiger partial charge in [-0.05, 0) is 62.6 Å². The summed E-state index contributed by atoms with van der Waals surface area (Å²) in [5.41, 5.74) is 4.36. The van der Waals surface area contributed by atoms with E-state index in [2.05, 4.69) is 10.5 Å². The molecule has 5 heteroatoms. The molecule has 4 nitrogen and oxygen atoms in total. The van der Waals surface area contributed by atoms with E-state index < -0.39 is 5.60 Å². The van der Waals surface area contributed by atoms with Crippen molar-refractivity contribution in [3.05, 3.63) is 64.2 Å². The van der Waals surface area contributed by atoms with E-state index in [-0.39, 0.29) is 5.91 Å². The van der Waals surface area contributed by atoms with Crippen LogP contribution >= 0.6 is 11.6 Å². The number of nitrogens with one attached hydrogen (secondary N) is 1. The molecule has 0 aliphatic carbocycles. The third-order valence-electron chi connectivity index (χ3n) is 3.61. The maximum Gasteiger partial charge on any atom is 0.283 e. The standard InChI is InChI=1S/C19H21ClN2O2/c1-13-7-5-6-8-15(13)12-21-22-18(23)19(3,4)24-17-10-9-16(20)11-14(17)2/h5-12H,1-4H3,(H,22,23)/b21-12+. The van der Waals surface area contributed by atoms with E-state index in [4.69, 9.17) is 16.3 Å². The molecule has 0 aliphatic rings. The summed E-state index contributed by atoms with van der Waals surface area (Å²) in [4.78, 5) is 12.3. The van der Waals surface area contributed by atoms with Gasteiger partial charge in [-0.2, -0.15) is 5.10 Å². The molecular weight excluding hydrogens is 324 g/mol. The topological polar surface area (TPSA) is 50.7 Å². The Balaban J connectivity index is 2.03. The minimum absolute atomic E-state index is 0.332. The summed E-state index contributed by atoms with van der Waals surface area (Å²) in [6, 6.07) is 13.1. The largest absolute Gasteiger partial charge is 0.478 e. The predicted molar refractivity (Wildman–Crippen MR) is 97.8 cm³/mol. The summed E-state index contributed by atoms with van der Waals surface area (Å²) in [7, 11) is 0. The van der Waals surface area contributed by atoms with Gasteiger partial charge in [-0.1, -0.05) is 35.9 Å². The molecule has 2 rings (SSSR count). The second-order valence-corrected chi connectivity index (χ2v) is 6.51. The Bertz CT molecular complexity index is 770. The molecule has 0 aromatic heterocycles. The van der Waals surface area contributed by atoms with Gasteiger partial charge < -0.3 is 4.74 Å². The molecule has 0 saturated carbocycles. The van der Waals surface area contributed by atoms with Crippen LogP contribution in [0.3, 0.4) is 0 Å². The fourth-order valence-corrected chi connectivity index (χ4v) is 2.30. The number of benzene rings is 2. The van der Waals surface area contributed by atoms with Crippen molar-refractivity contribution in [2.24, 2.45) is 5.10 Å². The molecule has 0 spiro atoms. The van der Waals surface area contributed by atoms with E-state index in [1.54, 1.807) is 38.3 Å². The summed E-state index contributed by atoms with van der Waals surface area (Å²) in [5.74, 6) is 0.282. The molecule has 126 valence electrons. The third kappa shape index (κ3) is 4.59. The van der Waals surface area contributed by atoms with Crippen molar-refractivity contribution in [3.63, 3.8) is 0 Å². The molecule has 24 heavy (non-hydrogen) atoms. The van der Waals surface area contributed by atoms with Crippen LogP contribution in [0, 0.1) is 13.8 Å². The fraction of sp³-hybridized carbons (Fsp3) is 0.263. The van der Waals surface area contributed by atoms with Crippen LogP contribution in [-0.2, 0) is 4.79 Å². The van der Waals surface area contributed by atoms with Crippen molar-refractivity contribution in [2.45, 2.75) is 33.3 Å². The summed E-state index contributed by atoms with van der Waals surface area (Å²) in [6.45, 7) is 7.25. The minimum Gasteiger partial charge on any atom is -0.478 e. The van der Waals surface area contributed by atoms with Crippen molar-refractivity contribution >= 4 is 23.7 Å². The second kappa shape index (κ2) is 7.49. The lowest BCUT2D eigenvalue weighted by atomic mass is 10.1. The Hall–Kier alpha value is -2.33. The maximum atomic E-state index is 12.3. The van der Waals surface area contributed by atoms with Crippen LogP contribution < -0.4 is 10.2 Å². The fourth-order valence-electron chi connectivity index (χ4n) is 2.08. The quantitative estimate of drug-likeness (QED) is 0.650. The lowest BCUT2D eigenvalue weighted by molar-refractivity contribution is -0.134. The number of hydrogen-bond donors (Lipinski definition) is 1. The van der Waals surface area contributed by atoms with Crippen LogP contribution in [0.5, 0.6) is 5.75 Å². The van der Waals surface area contributed by atoms with Gasteiger partial charge in [0, 0.05) is 5.02 Å². The highest BCUT2D eigenvalue weighted by molar-refractivity contribution is 6.30. The van der Waals surface area contributed by atoms with Crippen LogP contribution in [0.2, 0.25) is 5.02 Å². The van der Waals surface area contributed by atoms with E-state index in [0.29, 0.717) is 10.8 Å². The Labute approximate surface area is 147 Å². The molecule has 0 fully saturated rings. The average Bonchev–Trinajstić information content (AvgIpc) is 2.52. The van der Waals surface area contributed by atoms with Crippen molar-refractivity contribution in [2.75, 3.05) is 0 Å². The zero-order chi connectivity index (χ0) is 17.7. The third-order valence-corrected chi connectivity index (χ3v) is 3.84. The lowest BCUT2D eigenvalue weighted by Crippen LogP contribution is -2.45. The first-order valence-electron chi connectivity index (χ1n) is 7.64. The van der Waals surface area contributed by atoms with Crippen LogP contribution in [0.4, 0.5) is 0 Å². The smallest absolute Gasteiger partial charge is 0.283 e. The van der Waals surface area contributed by atoms with Crippen LogP contribution in [0.15, 0.2) is 47.6 Å². The molecular formula is C19H21ClN2O2. The number of ether oxygens (including phenoxy) is 1. The molecule has 0 aliphatic heterocycles. The van der Waals surface area contributed by atoms with Gasteiger partial charge in [0.25, 0.3) is 5.91 Å². The predicted octanol–water partition coefficient (Wildman–Crippen LogP) is 4.26. The molecule has 0 heterocycles. The number of hydrazone groups is 1. The average molecular weight is 345 g/mol. The first kappa shape index (κ1) is 18.0. The van der Waals surface area contributed by atoms with Crippen molar-refractivity contribution in [1.29, 1.82) is 0 Å². The van der Waals surface area contributed by atoms with Crippen molar-refractivity contribution in [3.8, 4) is 5.75 Å². The van der Waals surface area contributed by atoms with Gasteiger partial charge in [0.05, 0.1) is 6.21 Å². The van der Waals surface area contributed by atoms with Crippen LogP contribution in [0.25, 0.3) is 0 Å². The second-order valence-electron chi connectivity index (χ2n) is 6.08. The number of rotatable bonds is 5. The van der Waals surface area contributed by atoms with Gasteiger partial charge in [-0.25, -0.2) is 5.43 Å². The zero-order valence-corrected chi connectivity index (χ0v) is 15.0. The molecule has 0 bridgehead atoms. The maximum absolute atomic E-state index is 12.3. The van der Waals surface area contributed by atoms with E-state index in [1.165, 1.54) is 0 Å². The monoisotopic (exact) mass is 344 g/mol. The molecule has 1 amide bonds. The summed E-state index contributed by atoms with van der Waals surface area (Å²) in [5, 5.41) is 4.65. The summed E-state index contributed by atoms with van der Waals surface area (Å²) >= 11 is 5.94. The Morgan fingerprint density at radius 2 is 1.88 bits per heavy atom. The number of nitrogens with zero attached hydrogens (tertiary/aromatic N) is 1. The number of halogens is 1. The molecule has 0 unspecified atom stereocenters. The van der Waals surface area contributed by atoms with Gasteiger partial charge in [0.1, 0.15) is 5.75 Å². The minimum atomic E-state index is -1.07. The van der Waals surface area contributed by atoms with E-state index in [1.807, 2.05) is 38.1 Å². The van der Waals surface area contributed by atoms with Gasteiger partial charge in [-0.3, -0.25) is 4.79 Å². The number of aryl methyl sites for hydroxylation is 2. The van der Waals surface area contributed by atoms with Crippen LogP contribution in [-0.4, -0.2) is 17.7 Å². The SMILES string of the molecule is Cc1ccccc1/C=N/NC(=O)C(C)(C)Oc1ccc(Cl)cc1C. The number of carbonyl (C=O) groups is 1. The Kier molecular flexibility index (Phi) is 5.62.